The zero-order valence-electron chi connectivity index (χ0n) is 10.6. The van der Waals surface area contributed by atoms with Crippen LogP contribution in [0, 0.1) is 15.5 Å². The molecule has 2 unspecified atom stereocenters. The molecule has 2 N–H and O–H groups in total. The molecule has 0 aliphatic heterocycles. The van der Waals surface area contributed by atoms with E-state index in [1.54, 1.807) is 0 Å². The fourth-order valence-corrected chi connectivity index (χ4v) is 2.45. The Morgan fingerprint density at radius 1 is 1.68 bits per heavy atom. The fourth-order valence-electron chi connectivity index (χ4n) is 2.45. The van der Waals surface area contributed by atoms with Crippen molar-refractivity contribution in [2.45, 2.75) is 32.2 Å². The summed E-state index contributed by atoms with van der Waals surface area (Å²) in [6.07, 6.45) is 2.55. The number of aliphatic hydroxyl groups excluding tert-OH is 1. The molecule has 0 saturated heterocycles. The van der Waals surface area contributed by atoms with Gasteiger partial charge in [0, 0.05) is 11.5 Å². The number of carbonyl (C=O) groups excluding carboxylic acids is 1. The summed E-state index contributed by atoms with van der Waals surface area (Å²) >= 11 is 0. The summed E-state index contributed by atoms with van der Waals surface area (Å²) in [7, 11) is 0. The molecule has 0 aromatic carbocycles. The van der Waals surface area contributed by atoms with E-state index >= 15 is 0 Å². The number of nitro groups is 1. The molecular weight excluding hydrogens is 252 g/mol. The Morgan fingerprint density at radius 2 is 2.42 bits per heavy atom. The molecule has 1 fully saturated rings. The second kappa shape index (κ2) is 5.00. The number of hydrogen-bond acceptors (Lipinski definition) is 5. The number of furan rings is 1. The van der Waals surface area contributed by atoms with E-state index in [0.717, 1.165) is 25.3 Å². The van der Waals surface area contributed by atoms with Crippen LogP contribution < -0.4 is 5.32 Å². The van der Waals surface area contributed by atoms with Gasteiger partial charge in [0.05, 0.1) is 12.7 Å². The van der Waals surface area contributed by atoms with Gasteiger partial charge in [-0.1, -0.05) is 13.3 Å². The number of nitrogens with one attached hydrogen (secondary N) is 1. The minimum Gasteiger partial charge on any atom is -0.396 e. The number of rotatable bonds is 4. The van der Waals surface area contributed by atoms with Crippen LogP contribution in [-0.2, 0) is 0 Å². The van der Waals surface area contributed by atoms with E-state index in [4.69, 9.17) is 4.42 Å². The Labute approximate surface area is 109 Å². The average Bonchev–Trinajstić information content (AvgIpc) is 2.98. The van der Waals surface area contributed by atoms with Gasteiger partial charge in [0.15, 0.2) is 5.76 Å². The quantitative estimate of drug-likeness (QED) is 0.635. The van der Waals surface area contributed by atoms with E-state index in [1.807, 2.05) is 6.92 Å². The van der Waals surface area contributed by atoms with Crippen LogP contribution in [0.1, 0.15) is 36.7 Å². The lowest BCUT2D eigenvalue weighted by molar-refractivity contribution is -0.402. The summed E-state index contributed by atoms with van der Waals surface area (Å²) in [5, 5.41) is 22.6. The van der Waals surface area contributed by atoms with E-state index in [9.17, 15) is 20.0 Å². The van der Waals surface area contributed by atoms with Crippen LogP contribution >= 0.6 is 0 Å². The smallest absolute Gasteiger partial charge is 0.396 e. The molecule has 104 valence electrons. The average molecular weight is 268 g/mol. The lowest BCUT2D eigenvalue weighted by atomic mass is 9.86. The Hall–Kier alpha value is -1.89. The molecule has 19 heavy (non-hydrogen) atoms. The Bertz CT molecular complexity index is 498. The minimum absolute atomic E-state index is 0.00372. The molecule has 1 aromatic heterocycles. The molecule has 1 aliphatic rings. The molecule has 0 bridgehead atoms. The molecule has 1 aromatic rings. The van der Waals surface area contributed by atoms with Crippen LogP contribution in [-0.4, -0.2) is 28.6 Å². The monoisotopic (exact) mass is 268 g/mol. The van der Waals surface area contributed by atoms with Crippen molar-refractivity contribution in [3.63, 3.8) is 0 Å². The highest BCUT2D eigenvalue weighted by molar-refractivity contribution is 5.92. The van der Waals surface area contributed by atoms with Crippen LogP contribution in [0.2, 0.25) is 0 Å². The fraction of sp³-hybridized carbons (Fsp3) is 0.583. The lowest BCUT2D eigenvalue weighted by Crippen LogP contribution is -2.44. The van der Waals surface area contributed by atoms with Gasteiger partial charge in [-0.15, -0.1) is 0 Å². The number of nitrogens with zero attached hydrogens (tertiary/aromatic N) is 1. The minimum atomic E-state index is -0.690. The van der Waals surface area contributed by atoms with Crippen LogP contribution in [0.15, 0.2) is 16.5 Å². The van der Waals surface area contributed by atoms with Gasteiger partial charge >= 0.3 is 5.88 Å². The van der Waals surface area contributed by atoms with E-state index in [2.05, 4.69) is 5.32 Å². The highest BCUT2D eigenvalue weighted by Gasteiger charge is 2.39. The van der Waals surface area contributed by atoms with Crippen molar-refractivity contribution in [3.8, 4) is 0 Å². The maximum atomic E-state index is 11.9. The van der Waals surface area contributed by atoms with Crippen molar-refractivity contribution in [1.82, 2.24) is 5.32 Å². The van der Waals surface area contributed by atoms with Crippen LogP contribution in [0.4, 0.5) is 5.88 Å². The topological polar surface area (TPSA) is 106 Å². The van der Waals surface area contributed by atoms with Crippen molar-refractivity contribution in [1.29, 1.82) is 0 Å². The maximum absolute atomic E-state index is 11.9. The first-order valence-corrected chi connectivity index (χ1v) is 6.12. The second-order valence-corrected chi connectivity index (χ2v) is 5.13. The summed E-state index contributed by atoms with van der Waals surface area (Å²) in [5.74, 6) is -1.03. The predicted molar refractivity (Wildman–Crippen MR) is 65.7 cm³/mol. The zero-order chi connectivity index (χ0) is 14.0. The Balaban J connectivity index is 2.06. The number of aliphatic hydroxyl groups is 1. The summed E-state index contributed by atoms with van der Waals surface area (Å²) in [6.45, 7) is 1.91. The predicted octanol–water partition coefficient (Wildman–Crippen LogP) is 1.47. The van der Waals surface area contributed by atoms with Gasteiger partial charge in [0.1, 0.15) is 4.92 Å². The van der Waals surface area contributed by atoms with Gasteiger partial charge in [0.25, 0.3) is 5.91 Å². The summed E-state index contributed by atoms with van der Waals surface area (Å²) in [6, 6.07) is 2.28. The molecule has 2 rings (SSSR count). The maximum Gasteiger partial charge on any atom is 0.433 e. The first-order chi connectivity index (χ1) is 8.96. The molecular formula is C12H16N2O5. The van der Waals surface area contributed by atoms with Gasteiger partial charge in [-0.05, 0) is 18.9 Å². The molecule has 1 aliphatic carbocycles. The number of carbonyl (C=O) groups is 1. The van der Waals surface area contributed by atoms with Crippen LogP contribution in [0.5, 0.6) is 0 Å². The first kappa shape index (κ1) is 13.5. The zero-order valence-corrected chi connectivity index (χ0v) is 10.6. The summed E-state index contributed by atoms with van der Waals surface area (Å²) < 4.78 is 4.85. The third-order valence-electron chi connectivity index (χ3n) is 3.74. The molecule has 1 heterocycles. The van der Waals surface area contributed by atoms with Crippen molar-refractivity contribution in [2.24, 2.45) is 5.41 Å². The highest BCUT2D eigenvalue weighted by Crippen LogP contribution is 2.37. The number of hydrogen-bond donors (Lipinski definition) is 2. The third kappa shape index (κ3) is 2.60. The largest absolute Gasteiger partial charge is 0.433 e. The van der Waals surface area contributed by atoms with Gasteiger partial charge in [-0.3, -0.25) is 14.9 Å². The first-order valence-electron chi connectivity index (χ1n) is 6.12. The van der Waals surface area contributed by atoms with E-state index in [0.29, 0.717) is 0 Å². The van der Waals surface area contributed by atoms with Crippen LogP contribution in [0.3, 0.4) is 0 Å². The van der Waals surface area contributed by atoms with Gasteiger partial charge < -0.3 is 14.8 Å². The molecule has 1 saturated carbocycles. The third-order valence-corrected chi connectivity index (χ3v) is 3.74. The van der Waals surface area contributed by atoms with Crippen molar-refractivity contribution >= 4 is 11.8 Å². The number of amides is 1. The molecule has 7 heteroatoms. The normalized spacial score (nSPS) is 26.3. The summed E-state index contributed by atoms with van der Waals surface area (Å²) in [4.78, 5) is 21.7. The molecule has 7 nitrogen and oxygen atoms in total. The molecule has 0 spiro atoms. The van der Waals surface area contributed by atoms with Crippen molar-refractivity contribution in [3.05, 3.63) is 28.0 Å². The SMILES string of the molecule is CC1(CO)CCCC1NC(=O)c1ccc([N+](=O)[O-])o1. The van der Waals surface area contributed by atoms with E-state index < -0.39 is 16.7 Å². The van der Waals surface area contributed by atoms with Gasteiger partial charge in [-0.2, -0.15) is 0 Å². The highest BCUT2D eigenvalue weighted by atomic mass is 16.6. The Morgan fingerprint density at radius 3 is 3.00 bits per heavy atom. The Kier molecular flexibility index (Phi) is 3.57. The molecule has 1 amide bonds. The van der Waals surface area contributed by atoms with Gasteiger partial charge in [0.2, 0.25) is 0 Å². The van der Waals surface area contributed by atoms with Crippen molar-refractivity contribution < 1.29 is 19.2 Å². The van der Waals surface area contributed by atoms with Crippen molar-refractivity contribution in [2.75, 3.05) is 6.61 Å². The lowest BCUT2D eigenvalue weighted by Gasteiger charge is -2.29. The standard InChI is InChI=1S/C12H16N2O5/c1-12(7-15)6-2-3-9(12)13-11(16)8-4-5-10(19-8)14(17)18/h4-5,9,15H,2-3,6-7H2,1H3,(H,13,16). The van der Waals surface area contributed by atoms with E-state index in [-0.39, 0.29) is 23.8 Å². The summed E-state index contributed by atoms with van der Waals surface area (Å²) in [5.41, 5.74) is -0.339. The van der Waals surface area contributed by atoms with Crippen LogP contribution in [0.25, 0.3) is 0 Å². The molecule has 2 atom stereocenters. The van der Waals surface area contributed by atoms with E-state index in [1.165, 1.54) is 6.07 Å². The molecule has 0 radical (unpaired) electrons. The van der Waals surface area contributed by atoms with Gasteiger partial charge in [-0.25, -0.2) is 0 Å². The second-order valence-electron chi connectivity index (χ2n) is 5.13.